The molecule has 0 unspecified atom stereocenters. The van der Waals surface area contributed by atoms with Gasteiger partial charge in [0.1, 0.15) is 0 Å². The van der Waals surface area contributed by atoms with Crippen LogP contribution in [0.4, 0.5) is 0 Å². The lowest BCUT2D eigenvalue weighted by molar-refractivity contribution is -0.124. The van der Waals surface area contributed by atoms with Gasteiger partial charge in [-0.05, 0) is 17.7 Å². The topological polar surface area (TPSA) is 120 Å². The smallest absolute Gasteiger partial charge is 0.341 e. The van der Waals surface area contributed by atoms with Crippen LogP contribution in [0, 0.1) is 0 Å². The van der Waals surface area contributed by atoms with Crippen molar-refractivity contribution < 1.29 is 27.5 Å². The summed E-state index contributed by atoms with van der Waals surface area (Å²) in [5.41, 5.74) is 0.982. The average molecular weight is 422 g/mol. The minimum absolute atomic E-state index is 0.182. The number of sulfonamides is 1. The fourth-order valence-corrected chi connectivity index (χ4v) is 4.12. The van der Waals surface area contributed by atoms with Crippen molar-refractivity contribution in [3.05, 3.63) is 47.8 Å². The van der Waals surface area contributed by atoms with Gasteiger partial charge in [0.2, 0.25) is 10.0 Å². The summed E-state index contributed by atoms with van der Waals surface area (Å²) in [6, 6.07) is 6.29. The number of nitrogens with zero attached hydrogens (tertiary/aromatic N) is 3. The fraction of sp³-hybridized carbons (Fsp3) is 0.389. The van der Waals surface area contributed by atoms with E-state index in [2.05, 4.69) is 10.4 Å². The van der Waals surface area contributed by atoms with Gasteiger partial charge >= 0.3 is 5.97 Å². The molecule has 29 heavy (non-hydrogen) atoms. The highest BCUT2D eigenvalue weighted by molar-refractivity contribution is 7.89. The van der Waals surface area contributed by atoms with Crippen molar-refractivity contribution in [1.29, 1.82) is 0 Å². The van der Waals surface area contributed by atoms with E-state index in [1.54, 1.807) is 19.2 Å². The van der Waals surface area contributed by atoms with Gasteiger partial charge < -0.3 is 14.8 Å². The Kier molecular flexibility index (Phi) is 6.62. The molecule has 0 aliphatic carbocycles. The number of nitrogens with one attached hydrogen (secondary N) is 1. The first-order chi connectivity index (χ1) is 13.9. The van der Waals surface area contributed by atoms with Gasteiger partial charge in [-0.25, -0.2) is 13.2 Å². The zero-order valence-electron chi connectivity index (χ0n) is 15.9. The van der Waals surface area contributed by atoms with Crippen LogP contribution in [0.25, 0.3) is 0 Å². The van der Waals surface area contributed by atoms with Gasteiger partial charge in [-0.2, -0.15) is 9.40 Å². The number of esters is 1. The Morgan fingerprint density at radius 1 is 1.21 bits per heavy atom. The van der Waals surface area contributed by atoms with Crippen LogP contribution < -0.4 is 5.32 Å². The molecule has 10 nitrogen and oxygen atoms in total. The van der Waals surface area contributed by atoms with Crippen molar-refractivity contribution in [2.45, 2.75) is 11.4 Å². The number of carbonyl (C=O) groups is 2. The summed E-state index contributed by atoms with van der Waals surface area (Å²) in [6.45, 7) is 1.19. The molecular formula is C18H22N4O6S. The number of hydrogen-bond acceptors (Lipinski definition) is 7. The van der Waals surface area contributed by atoms with E-state index in [0.29, 0.717) is 26.3 Å². The second-order valence-corrected chi connectivity index (χ2v) is 8.35. The minimum atomic E-state index is -3.55. The third-order valence-corrected chi connectivity index (χ3v) is 6.21. The molecule has 0 atom stereocenters. The molecule has 1 aliphatic heterocycles. The zero-order chi connectivity index (χ0) is 20.9. The summed E-state index contributed by atoms with van der Waals surface area (Å²) < 4.78 is 38.1. The number of benzene rings is 1. The Bertz CT molecular complexity index is 964. The molecule has 1 fully saturated rings. The van der Waals surface area contributed by atoms with Crippen molar-refractivity contribution in [2.75, 3.05) is 32.9 Å². The standard InChI is InChI=1S/C18H22N4O6S/c1-21-12-15(11-20-21)18(24)28-13-17(23)19-10-14-2-4-16(5-3-14)29(25,26)22-6-8-27-9-7-22/h2-5,11-12H,6-10,13H2,1H3,(H,19,23). The predicted octanol–water partition coefficient (Wildman–Crippen LogP) is -0.0858. The predicted molar refractivity (Wildman–Crippen MR) is 101 cm³/mol. The highest BCUT2D eigenvalue weighted by Crippen LogP contribution is 2.17. The lowest BCUT2D eigenvalue weighted by Gasteiger charge is -2.26. The van der Waals surface area contributed by atoms with Crippen LogP contribution in [-0.2, 0) is 37.9 Å². The average Bonchev–Trinajstić information content (AvgIpc) is 3.18. The normalized spacial score (nSPS) is 15.1. The second kappa shape index (κ2) is 9.16. The molecule has 2 heterocycles. The number of aryl methyl sites for hydroxylation is 1. The van der Waals surface area contributed by atoms with Gasteiger partial charge in [-0.1, -0.05) is 12.1 Å². The van der Waals surface area contributed by atoms with Crippen LogP contribution in [0.1, 0.15) is 15.9 Å². The SMILES string of the molecule is Cn1cc(C(=O)OCC(=O)NCc2ccc(S(=O)(=O)N3CCOCC3)cc2)cn1. The van der Waals surface area contributed by atoms with Gasteiger partial charge in [0.05, 0.1) is 29.9 Å². The number of morpholine rings is 1. The van der Waals surface area contributed by atoms with Crippen LogP contribution in [-0.4, -0.2) is 67.3 Å². The molecule has 1 aromatic carbocycles. The summed E-state index contributed by atoms with van der Waals surface area (Å²) >= 11 is 0. The van der Waals surface area contributed by atoms with Crippen molar-refractivity contribution in [1.82, 2.24) is 19.4 Å². The van der Waals surface area contributed by atoms with Gasteiger partial charge in [0.25, 0.3) is 5.91 Å². The van der Waals surface area contributed by atoms with Crippen LogP contribution in [0.3, 0.4) is 0 Å². The highest BCUT2D eigenvalue weighted by atomic mass is 32.2. The van der Waals surface area contributed by atoms with Crippen molar-refractivity contribution >= 4 is 21.9 Å². The molecule has 1 aliphatic rings. The van der Waals surface area contributed by atoms with E-state index in [1.807, 2.05) is 0 Å². The molecule has 0 bridgehead atoms. The molecule has 0 spiro atoms. The number of amides is 1. The van der Waals surface area contributed by atoms with E-state index in [1.165, 1.54) is 33.5 Å². The molecule has 1 N–H and O–H groups in total. The van der Waals surface area contributed by atoms with Crippen LogP contribution in [0.2, 0.25) is 0 Å². The van der Waals surface area contributed by atoms with Crippen molar-refractivity contribution in [3.8, 4) is 0 Å². The Morgan fingerprint density at radius 2 is 1.90 bits per heavy atom. The third kappa shape index (κ3) is 5.40. The molecule has 1 amide bonds. The second-order valence-electron chi connectivity index (χ2n) is 6.42. The lowest BCUT2D eigenvalue weighted by Crippen LogP contribution is -2.40. The first-order valence-electron chi connectivity index (χ1n) is 8.95. The number of aromatic nitrogens is 2. The van der Waals surface area contributed by atoms with Crippen LogP contribution in [0.15, 0.2) is 41.6 Å². The molecule has 0 radical (unpaired) electrons. The Hall–Kier alpha value is -2.76. The number of rotatable bonds is 7. The maximum atomic E-state index is 12.6. The summed E-state index contributed by atoms with van der Waals surface area (Å²) in [7, 11) is -1.88. The molecule has 156 valence electrons. The first-order valence-corrected chi connectivity index (χ1v) is 10.4. The van der Waals surface area contributed by atoms with E-state index in [4.69, 9.17) is 9.47 Å². The summed E-state index contributed by atoms with van der Waals surface area (Å²) in [5, 5.41) is 6.48. The highest BCUT2D eigenvalue weighted by Gasteiger charge is 2.26. The summed E-state index contributed by atoms with van der Waals surface area (Å²) in [4.78, 5) is 23.8. The van der Waals surface area contributed by atoms with Crippen LogP contribution in [0.5, 0.6) is 0 Å². The van der Waals surface area contributed by atoms with Gasteiger partial charge in [-0.3, -0.25) is 9.48 Å². The monoisotopic (exact) mass is 422 g/mol. The third-order valence-electron chi connectivity index (χ3n) is 4.30. The zero-order valence-corrected chi connectivity index (χ0v) is 16.7. The Balaban J connectivity index is 1.48. The van der Waals surface area contributed by atoms with Crippen molar-refractivity contribution in [2.24, 2.45) is 7.05 Å². The summed E-state index contributed by atoms with van der Waals surface area (Å²) in [5.74, 6) is -1.10. The van der Waals surface area contributed by atoms with E-state index in [0.717, 1.165) is 5.56 Å². The maximum absolute atomic E-state index is 12.6. The maximum Gasteiger partial charge on any atom is 0.341 e. The van der Waals surface area contributed by atoms with Crippen LogP contribution >= 0.6 is 0 Å². The molecule has 3 rings (SSSR count). The fourth-order valence-electron chi connectivity index (χ4n) is 2.71. The Labute approximate surface area is 168 Å². The van der Waals surface area contributed by atoms with E-state index >= 15 is 0 Å². The molecule has 1 saturated heterocycles. The molecule has 1 aromatic heterocycles. The van der Waals surface area contributed by atoms with Gasteiger partial charge in [0, 0.05) is 32.9 Å². The quantitative estimate of drug-likeness (QED) is 0.620. The van der Waals surface area contributed by atoms with Gasteiger partial charge in [0.15, 0.2) is 6.61 Å². The molecule has 11 heteroatoms. The van der Waals surface area contributed by atoms with Gasteiger partial charge in [-0.15, -0.1) is 0 Å². The van der Waals surface area contributed by atoms with E-state index in [9.17, 15) is 18.0 Å². The van der Waals surface area contributed by atoms with Crippen molar-refractivity contribution in [3.63, 3.8) is 0 Å². The molecular weight excluding hydrogens is 400 g/mol. The molecule has 0 saturated carbocycles. The number of hydrogen-bond donors (Lipinski definition) is 1. The Morgan fingerprint density at radius 3 is 2.52 bits per heavy atom. The lowest BCUT2D eigenvalue weighted by atomic mass is 10.2. The largest absolute Gasteiger partial charge is 0.452 e. The van der Waals surface area contributed by atoms with E-state index < -0.39 is 28.5 Å². The molecule has 2 aromatic rings. The van der Waals surface area contributed by atoms with E-state index in [-0.39, 0.29) is 17.0 Å². The minimum Gasteiger partial charge on any atom is -0.452 e. The first kappa shape index (κ1) is 21.0. The summed E-state index contributed by atoms with van der Waals surface area (Å²) in [6.07, 6.45) is 2.85. The number of carbonyl (C=O) groups excluding carboxylic acids is 2. The number of ether oxygens (including phenoxy) is 2.